The van der Waals surface area contributed by atoms with Gasteiger partial charge in [0.1, 0.15) is 5.69 Å². The first-order valence-electron chi connectivity index (χ1n) is 10.7. The summed E-state index contributed by atoms with van der Waals surface area (Å²) in [5.41, 5.74) is 4.19. The van der Waals surface area contributed by atoms with Crippen molar-refractivity contribution in [1.29, 1.82) is 0 Å². The Kier molecular flexibility index (Phi) is 6.11. The quantitative estimate of drug-likeness (QED) is 0.307. The van der Waals surface area contributed by atoms with Crippen LogP contribution in [0.25, 0.3) is 11.4 Å². The number of aromatic nitrogens is 7. The molecular weight excluding hydrogens is 438 g/mol. The van der Waals surface area contributed by atoms with Crippen molar-refractivity contribution in [3.63, 3.8) is 0 Å². The Balaban J connectivity index is 1.70. The van der Waals surface area contributed by atoms with E-state index in [1.54, 1.807) is 9.36 Å². The topological polar surface area (TPSA) is 92.5 Å². The first-order chi connectivity index (χ1) is 15.7. The van der Waals surface area contributed by atoms with Gasteiger partial charge in [-0.15, -0.1) is 5.10 Å². The maximum absolute atomic E-state index is 13.5. The Morgan fingerprint density at radius 2 is 1.79 bits per heavy atom. The SMILES string of the molecule is Cc1cc(C(=O)CSc2nnnn2C(C)C)c(C)n1-c1c(C)n(C)n(-c2ccccc2)c1=O. The molecule has 4 rings (SSSR count). The van der Waals surface area contributed by atoms with Crippen molar-refractivity contribution in [2.24, 2.45) is 7.05 Å². The molecule has 0 amide bonds. The number of carbonyl (C=O) groups is 1. The molecule has 0 aliphatic carbocycles. The number of thioether (sulfide) groups is 1. The average Bonchev–Trinajstić information content (AvgIpc) is 3.43. The summed E-state index contributed by atoms with van der Waals surface area (Å²) in [6.45, 7) is 9.68. The highest BCUT2D eigenvalue weighted by Gasteiger charge is 2.24. The Hall–Kier alpha value is -3.40. The fourth-order valence-electron chi connectivity index (χ4n) is 4.01. The van der Waals surface area contributed by atoms with Gasteiger partial charge >= 0.3 is 0 Å². The van der Waals surface area contributed by atoms with Crippen LogP contribution < -0.4 is 5.56 Å². The molecule has 33 heavy (non-hydrogen) atoms. The van der Waals surface area contributed by atoms with Crippen molar-refractivity contribution in [3.8, 4) is 11.4 Å². The number of ketones is 1. The molecule has 172 valence electrons. The van der Waals surface area contributed by atoms with E-state index >= 15 is 0 Å². The minimum Gasteiger partial charge on any atom is -0.311 e. The standard InChI is InChI=1S/C23H27N7O2S/c1-14(2)29-23(24-25-26-29)33-13-20(31)19-12-15(3)28(16(19)4)21-17(5)27(6)30(22(21)32)18-10-8-7-9-11-18/h7-12,14H,13H2,1-6H3. The number of Topliss-reactive ketones (excluding diaryl/α,β-unsaturated/α-hetero) is 1. The van der Waals surface area contributed by atoms with Gasteiger partial charge in [-0.1, -0.05) is 30.0 Å². The number of aryl methyl sites for hydroxylation is 1. The third-order valence-corrected chi connectivity index (χ3v) is 6.70. The lowest BCUT2D eigenvalue weighted by Gasteiger charge is -2.09. The normalized spacial score (nSPS) is 11.5. The van der Waals surface area contributed by atoms with E-state index in [9.17, 15) is 9.59 Å². The van der Waals surface area contributed by atoms with E-state index in [1.807, 2.05) is 87.3 Å². The zero-order valence-corrected chi connectivity index (χ0v) is 20.4. The number of rotatable bonds is 7. The number of carbonyl (C=O) groups excluding carboxylic acids is 1. The van der Waals surface area contributed by atoms with Gasteiger partial charge in [0.2, 0.25) is 5.16 Å². The van der Waals surface area contributed by atoms with E-state index in [2.05, 4.69) is 15.5 Å². The van der Waals surface area contributed by atoms with Crippen molar-refractivity contribution in [3.05, 3.63) is 69.4 Å². The molecule has 0 fully saturated rings. The number of tetrazole rings is 1. The summed E-state index contributed by atoms with van der Waals surface area (Å²) in [4.78, 5) is 26.6. The van der Waals surface area contributed by atoms with E-state index < -0.39 is 0 Å². The summed E-state index contributed by atoms with van der Waals surface area (Å²) in [5.74, 6) is 0.175. The van der Waals surface area contributed by atoms with Crippen molar-refractivity contribution in [2.75, 3.05) is 5.75 Å². The summed E-state index contributed by atoms with van der Waals surface area (Å²) in [7, 11) is 1.86. The molecule has 0 aliphatic heterocycles. The fraction of sp³-hybridized carbons (Fsp3) is 0.348. The molecule has 4 aromatic rings. The maximum Gasteiger partial charge on any atom is 0.295 e. The second-order valence-corrected chi connectivity index (χ2v) is 9.18. The first kappa shape index (κ1) is 22.8. The molecule has 0 aliphatic rings. The van der Waals surface area contributed by atoms with E-state index in [4.69, 9.17) is 0 Å². The van der Waals surface area contributed by atoms with Gasteiger partial charge in [-0.05, 0) is 63.2 Å². The Bertz CT molecular complexity index is 1380. The molecule has 0 saturated carbocycles. The van der Waals surface area contributed by atoms with Crippen LogP contribution in [-0.2, 0) is 7.05 Å². The van der Waals surface area contributed by atoms with Crippen LogP contribution in [0.2, 0.25) is 0 Å². The Morgan fingerprint density at radius 3 is 2.45 bits per heavy atom. The lowest BCUT2D eigenvalue weighted by atomic mass is 10.2. The van der Waals surface area contributed by atoms with E-state index in [1.165, 1.54) is 11.8 Å². The van der Waals surface area contributed by atoms with E-state index in [0.29, 0.717) is 16.4 Å². The molecule has 1 aromatic carbocycles. The molecule has 10 heteroatoms. The Labute approximate surface area is 196 Å². The van der Waals surface area contributed by atoms with Crippen LogP contribution in [0.1, 0.15) is 47.3 Å². The third-order valence-electron chi connectivity index (χ3n) is 5.76. The molecule has 0 atom stereocenters. The van der Waals surface area contributed by atoms with Crippen LogP contribution >= 0.6 is 11.8 Å². The number of nitrogens with zero attached hydrogens (tertiary/aromatic N) is 7. The number of hydrogen-bond acceptors (Lipinski definition) is 6. The maximum atomic E-state index is 13.5. The monoisotopic (exact) mass is 465 g/mol. The molecular formula is C23H27N7O2S. The predicted octanol–water partition coefficient (Wildman–Crippen LogP) is 3.43. The largest absolute Gasteiger partial charge is 0.311 e. The van der Waals surface area contributed by atoms with Gasteiger partial charge in [-0.2, -0.15) is 0 Å². The smallest absolute Gasteiger partial charge is 0.295 e. The highest BCUT2D eigenvalue weighted by atomic mass is 32.2. The minimum atomic E-state index is -0.132. The van der Waals surface area contributed by atoms with Crippen molar-refractivity contribution in [2.45, 2.75) is 45.8 Å². The molecule has 0 radical (unpaired) electrons. The number of para-hydroxylation sites is 1. The molecule has 0 N–H and O–H groups in total. The summed E-state index contributed by atoms with van der Waals surface area (Å²) in [6, 6.07) is 11.5. The van der Waals surface area contributed by atoms with Crippen molar-refractivity contribution >= 4 is 17.5 Å². The van der Waals surface area contributed by atoms with Gasteiger partial charge in [0.25, 0.3) is 5.56 Å². The van der Waals surface area contributed by atoms with Gasteiger partial charge in [0.15, 0.2) is 5.78 Å². The minimum absolute atomic E-state index is 0.0328. The molecule has 0 saturated heterocycles. The second-order valence-electron chi connectivity index (χ2n) is 8.24. The highest BCUT2D eigenvalue weighted by Crippen LogP contribution is 2.25. The zero-order chi connectivity index (χ0) is 23.9. The van der Waals surface area contributed by atoms with Crippen LogP contribution in [0.5, 0.6) is 0 Å². The number of benzene rings is 1. The summed E-state index contributed by atoms with van der Waals surface area (Å²) >= 11 is 1.31. The third kappa shape index (κ3) is 3.95. The average molecular weight is 466 g/mol. The molecule has 3 aromatic heterocycles. The lowest BCUT2D eigenvalue weighted by Crippen LogP contribution is -2.22. The highest BCUT2D eigenvalue weighted by molar-refractivity contribution is 7.99. The van der Waals surface area contributed by atoms with Gasteiger partial charge in [0.05, 0.1) is 23.2 Å². The fourth-order valence-corrected chi connectivity index (χ4v) is 4.90. The zero-order valence-electron chi connectivity index (χ0n) is 19.6. The molecule has 0 bridgehead atoms. The van der Waals surface area contributed by atoms with Gasteiger partial charge in [-0.3, -0.25) is 14.3 Å². The van der Waals surface area contributed by atoms with Crippen molar-refractivity contribution in [1.82, 2.24) is 34.1 Å². The summed E-state index contributed by atoms with van der Waals surface area (Å²) < 4.78 is 7.06. The van der Waals surface area contributed by atoms with Gasteiger partial charge in [0, 0.05) is 24.0 Å². The van der Waals surface area contributed by atoms with Crippen LogP contribution in [0.3, 0.4) is 0 Å². The Morgan fingerprint density at radius 1 is 1.09 bits per heavy atom. The summed E-state index contributed by atoms with van der Waals surface area (Å²) in [5, 5.41) is 12.3. The summed E-state index contributed by atoms with van der Waals surface area (Å²) in [6.07, 6.45) is 0. The first-order valence-corrected chi connectivity index (χ1v) is 11.7. The molecule has 0 spiro atoms. The van der Waals surface area contributed by atoms with Crippen LogP contribution in [0.15, 0.2) is 46.3 Å². The van der Waals surface area contributed by atoms with E-state index in [0.717, 1.165) is 22.8 Å². The molecule has 0 unspecified atom stereocenters. The van der Waals surface area contributed by atoms with Gasteiger partial charge < -0.3 is 4.57 Å². The molecule has 9 nitrogen and oxygen atoms in total. The number of hydrogen-bond donors (Lipinski definition) is 0. The van der Waals surface area contributed by atoms with E-state index in [-0.39, 0.29) is 23.1 Å². The van der Waals surface area contributed by atoms with Crippen molar-refractivity contribution < 1.29 is 4.79 Å². The van der Waals surface area contributed by atoms with Crippen LogP contribution in [0, 0.1) is 20.8 Å². The molecule has 3 heterocycles. The van der Waals surface area contributed by atoms with Crippen LogP contribution in [-0.4, -0.2) is 45.7 Å². The van der Waals surface area contributed by atoms with Gasteiger partial charge in [-0.25, -0.2) is 9.36 Å². The predicted molar refractivity (Wildman–Crippen MR) is 128 cm³/mol. The lowest BCUT2D eigenvalue weighted by molar-refractivity contribution is 0.102. The van der Waals surface area contributed by atoms with Crippen LogP contribution in [0.4, 0.5) is 0 Å². The second kappa shape index (κ2) is 8.86.